The van der Waals surface area contributed by atoms with Crippen LogP contribution in [0.25, 0.3) is 0 Å². The van der Waals surface area contributed by atoms with Crippen LogP contribution in [0.3, 0.4) is 0 Å². The van der Waals surface area contributed by atoms with Crippen molar-refractivity contribution in [1.82, 2.24) is 4.72 Å². The Bertz CT molecular complexity index is 335. The number of hydrogen-bond donors (Lipinski definition) is 2. The van der Waals surface area contributed by atoms with Crippen molar-refractivity contribution >= 4 is 27.2 Å². The van der Waals surface area contributed by atoms with E-state index in [1.807, 2.05) is 27.7 Å². The first-order valence-corrected chi connectivity index (χ1v) is 7.40. The molecule has 0 heterocycles. The van der Waals surface area contributed by atoms with Crippen LogP contribution in [0.4, 0.5) is 0 Å². The van der Waals surface area contributed by atoms with Gasteiger partial charge in [0.15, 0.2) is 0 Å². The summed E-state index contributed by atoms with van der Waals surface area (Å²) in [5, 5.41) is 0. The summed E-state index contributed by atoms with van der Waals surface area (Å²) >= 11 is 4.87. The zero-order valence-corrected chi connectivity index (χ0v) is 12.0. The number of hydrogen-bond acceptors (Lipinski definition) is 3. The van der Waals surface area contributed by atoms with Crippen LogP contribution in [-0.2, 0) is 10.0 Å². The van der Waals surface area contributed by atoms with E-state index in [1.54, 1.807) is 0 Å². The molecule has 0 atom stereocenters. The van der Waals surface area contributed by atoms with Gasteiger partial charge >= 0.3 is 0 Å². The van der Waals surface area contributed by atoms with E-state index >= 15 is 0 Å². The maximum absolute atomic E-state index is 11.6. The molecule has 0 aliphatic rings. The molecule has 0 bridgehead atoms. The molecule has 0 unspecified atom stereocenters. The minimum atomic E-state index is -3.21. The lowest BCUT2D eigenvalue weighted by molar-refractivity contribution is 0.498. The Hall–Kier alpha value is -0.200. The van der Waals surface area contributed by atoms with Crippen molar-refractivity contribution in [2.24, 2.45) is 17.1 Å². The zero-order valence-electron chi connectivity index (χ0n) is 10.4. The van der Waals surface area contributed by atoms with Gasteiger partial charge in [0.05, 0.1) is 10.7 Å². The molecule has 4 nitrogen and oxygen atoms in total. The Morgan fingerprint density at radius 1 is 1.44 bits per heavy atom. The number of rotatable bonds is 7. The fourth-order valence-electron chi connectivity index (χ4n) is 0.841. The summed E-state index contributed by atoms with van der Waals surface area (Å²) in [6.45, 7) is 7.88. The molecule has 0 aromatic heterocycles. The zero-order chi connectivity index (χ0) is 13.0. The molecule has 96 valence electrons. The molecule has 0 aromatic rings. The SMILES string of the molecule is CC(C)CCS(=O)(=O)NCC(C)(C)C(N)=S. The molecule has 0 saturated heterocycles. The topological polar surface area (TPSA) is 72.2 Å². The van der Waals surface area contributed by atoms with Crippen LogP contribution in [0.1, 0.15) is 34.1 Å². The minimum Gasteiger partial charge on any atom is -0.393 e. The van der Waals surface area contributed by atoms with Crippen LogP contribution >= 0.6 is 12.2 Å². The highest BCUT2D eigenvalue weighted by Crippen LogP contribution is 2.14. The molecule has 16 heavy (non-hydrogen) atoms. The lowest BCUT2D eigenvalue weighted by atomic mass is 9.94. The van der Waals surface area contributed by atoms with Crippen molar-refractivity contribution in [3.63, 3.8) is 0 Å². The molecule has 0 radical (unpaired) electrons. The first kappa shape index (κ1) is 15.8. The first-order valence-electron chi connectivity index (χ1n) is 5.34. The van der Waals surface area contributed by atoms with E-state index in [9.17, 15) is 8.42 Å². The Kier molecular flexibility index (Phi) is 5.86. The monoisotopic (exact) mass is 266 g/mol. The van der Waals surface area contributed by atoms with Crippen molar-refractivity contribution in [1.29, 1.82) is 0 Å². The molecule has 0 fully saturated rings. The molecule has 0 saturated carbocycles. The summed E-state index contributed by atoms with van der Waals surface area (Å²) in [6.07, 6.45) is 0.656. The fourth-order valence-corrected chi connectivity index (χ4v) is 2.42. The fraction of sp³-hybridized carbons (Fsp3) is 0.900. The van der Waals surface area contributed by atoms with Gasteiger partial charge in [0.2, 0.25) is 10.0 Å². The third-order valence-electron chi connectivity index (χ3n) is 2.36. The van der Waals surface area contributed by atoms with Crippen molar-refractivity contribution in [3.05, 3.63) is 0 Å². The lowest BCUT2D eigenvalue weighted by Gasteiger charge is -2.23. The van der Waals surface area contributed by atoms with Gasteiger partial charge in [-0.05, 0) is 12.3 Å². The molecule has 3 N–H and O–H groups in total. The van der Waals surface area contributed by atoms with E-state index in [1.165, 1.54) is 0 Å². The summed E-state index contributed by atoms with van der Waals surface area (Å²) in [5.74, 6) is 0.526. The predicted molar refractivity (Wildman–Crippen MR) is 71.8 cm³/mol. The second-order valence-electron chi connectivity index (χ2n) is 5.07. The number of sulfonamides is 1. The molecule has 0 aromatic carbocycles. The van der Waals surface area contributed by atoms with Crippen LogP contribution in [0.2, 0.25) is 0 Å². The smallest absolute Gasteiger partial charge is 0.211 e. The van der Waals surface area contributed by atoms with Crippen LogP contribution in [-0.4, -0.2) is 25.7 Å². The average Bonchev–Trinajstić information content (AvgIpc) is 2.12. The van der Waals surface area contributed by atoms with E-state index in [4.69, 9.17) is 18.0 Å². The van der Waals surface area contributed by atoms with Gasteiger partial charge in [-0.1, -0.05) is 39.9 Å². The van der Waals surface area contributed by atoms with Crippen molar-refractivity contribution in [3.8, 4) is 0 Å². The molecule has 0 spiro atoms. The molecular formula is C10H22N2O2S2. The quantitative estimate of drug-likeness (QED) is 0.681. The van der Waals surface area contributed by atoms with Gasteiger partial charge in [0.1, 0.15) is 0 Å². The number of nitrogens with two attached hydrogens (primary N) is 1. The Morgan fingerprint density at radius 3 is 2.31 bits per heavy atom. The number of nitrogens with one attached hydrogen (secondary N) is 1. The highest BCUT2D eigenvalue weighted by molar-refractivity contribution is 7.89. The van der Waals surface area contributed by atoms with Crippen LogP contribution in [0.5, 0.6) is 0 Å². The predicted octanol–water partition coefficient (Wildman–Crippen LogP) is 1.26. The molecule has 0 aliphatic carbocycles. The summed E-state index contributed by atoms with van der Waals surface area (Å²) in [4.78, 5) is 0.319. The van der Waals surface area contributed by atoms with Gasteiger partial charge in [0.25, 0.3) is 0 Å². The van der Waals surface area contributed by atoms with Crippen molar-refractivity contribution in [2.45, 2.75) is 34.1 Å². The summed E-state index contributed by atoms with van der Waals surface area (Å²) in [6, 6.07) is 0. The lowest BCUT2D eigenvalue weighted by Crippen LogP contribution is -2.42. The first-order chi connectivity index (χ1) is 7.07. The molecular weight excluding hydrogens is 244 g/mol. The molecule has 6 heteroatoms. The highest BCUT2D eigenvalue weighted by Gasteiger charge is 2.23. The van der Waals surface area contributed by atoms with Gasteiger partial charge in [-0.15, -0.1) is 0 Å². The third kappa shape index (κ3) is 6.40. The minimum absolute atomic E-state index is 0.151. The van der Waals surface area contributed by atoms with Gasteiger partial charge in [-0.3, -0.25) is 0 Å². The summed E-state index contributed by atoms with van der Waals surface area (Å²) < 4.78 is 25.8. The molecule has 0 amide bonds. The molecule has 0 rings (SSSR count). The van der Waals surface area contributed by atoms with Crippen molar-refractivity contribution < 1.29 is 8.42 Å². The highest BCUT2D eigenvalue weighted by atomic mass is 32.2. The Labute approximate surface area is 104 Å². The van der Waals surface area contributed by atoms with Gasteiger partial charge in [-0.25, -0.2) is 13.1 Å². The normalized spacial score (nSPS) is 13.1. The second-order valence-corrected chi connectivity index (χ2v) is 7.44. The van der Waals surface area contributed by atoms with Gasteiger partial charge in [0, 0.05) is 12.0 Å². The summed E-state index contributed by atoms with van der Waals surface area (Å²) in [5.41, 5.74) is 5.03. The Morgan fingerprint density at radius 2 is 1.94 bits per heavy atom. The largest absolute Gasteiger partial charge is 0.393 e. The van der Waals surface area contributed by atoms with Crippen LogP contribution in [0.15, 0.2) is 0 Å². The van der Waals surface area contributed by atoms with Crippen molar-refractivity contribution in [2.75, 3.05) is 12.3 Å². The standard InChI is InChI=1S/C10H22N2O2S2/c1-8(2)5-6-16(13,14)12-7-10(3,4)9(11)15/h8,12H,5-7H2,1-4H3,(H2,11,15). The summed E-state index contributed by atoms with van der Waals surface area (Å²) in [7, 11) is -3.21. The average molecular weight is 266 g/mol. The van der Waals surface area contributed by atoms with Gasteiger partial charge in [-0.2, -0.15) is 0 Å². The van der Waals surface area contributed by atoms with E-state index in [0.29, 0.717) is 17.3 Å². The van der Waals surface area contributed by atoms with E-state index in [2.05, 4.69) is 4.72 Å². The number of thiocarbonyl (C=S) groups is 1. The maximum atomic E-state index is 11.6. The van der Waals surface area contributed by atoms with Crippen LogP contribution < -0.4 is 10.5 Å². The van der Waals surface area contributed by atoms with Gasteiger partial charge < -0.3 is 5.73 Å². The third-order valence-corrected chi connectivity index (χ3v) is 4.27. The second kappa shape index (κ2) is 5.93. The maximum Gasteiger partial charge on any atom is 0.211 e. The van der Waals surface area contributed by atoms with E-state index in [0.717, 1.165) is 0 Å². The molecule has 0 aliphatic heterocycles. The van der Waals surface area contributed by atoms with E-state index < -0.39 is 15.4 Å². The van der Waals surface area contributed by atoms with E-state index in [-0.39, 0.29) is 12.3 Å². The van der Waals surface area contributed by atoms with Crippen LogP contribution in [0, 0.1) is 11.3 Å². The Balaban J connectivity index is 4.25.